The molecule has 0 aromatic heterocycles. The van der Waals surface area contributed by atoms with Gasteiger partial charge < -0.3 is 14.5 Å². The zero-order chi connectivity index (χ0) is 18.7. The second kappa shape index (κ2) is 7.89. The van der Waals surface area contributed by atoms with Crippen molar-refractivity contribution in [1.82, 2.24) is 9.80 Å². The van der Waals surface area contributed by atoms with Gasteiger partial charge in [-0.1, -0.05) is 12.6 Å². The first kappa shape index (κ1) is 18.4. The van der Waals surface area contributed by atoms with E-state index in [-0.39, 0.29) is 29.6 Å². The lowest BCUT2D eigenvalue weighted by atomic mass is 9.94. The second-order valence-electron chi connectivity index (χ2n) is 6.85. The summed E-state index contributed by atoms with van der Waals surface area (Å²) in [4.78, 5) is 28.3. The van der Waals surface area contributed by atoms with E-state index in [9.17, 15) is 14.0 Å². The van der Waals surface area contributed by atoms with Crippen LogP contribution in [0.4, 0.5) is 4.39 Å². The Hall–Kier alpha value is -2.37. The summed E-state index contributed by atoms with van der Waals surface area (Å²) in [6.07, 6.45) is 4.16. The molecule has 6 heteroatoms. The van der Waals surface area contributed by atoms with Crippen molar-refractivity contribution in [2.75, 3.05) is 26.7 Å². The van der Waals surface area contributed by atoms with Gasteiger partial charge in [-0.3, -0.25) is 9.59 Å². The van der Waals surface area contributed by atoms with Gasteiger partial charge in [-0.2, -0.15) is 0 Å². The highest BCUT2D eigenvalue weighted by atomic mass is 19.1. The minimum Gasteiger partial charge on any atom is -0.496 e. The maximum Gasteiger partial charge on any atom is 0.245 e. The van der Waals surface area contributed by atoms with Crippen LogP contribution in [0.25, 0.3) is 0 Å². The molecule has 0 saturated carbocycles. The first-order chi connectivity index (χ1) is 12.6. The smallest absolute Gasteiger partial charge is 0.245 e. The molecular weight excluding hydrogens is 335 g/mol. The average molecular weight is 360 g/mol. The molecule has 0 spiro atoms. The molecule has 2 aliphatic rings. The molecule has 0 radical (unpaired) electrons. The minimum atomic E-state index is -0.333. The van der Waals surface area contributed by atoms with Crippen LogP contribution >= 0.6 is 0 Å². The number of ether oxygens (including phenoxy) is 1. The summed E-state index contributed by atoms with van der Waals surface area (Å²) in [7, 11) is 1.52. The summed E-state index contributed by atoms with van der Waals surface area (Å²) in [6, 6.07) is 4.48. The number of nitrogens with zero attached hydrogens (tertiary/aromatic N) is 2. The Bertz CT molecular complexity index is 698. The number of rotatable bonds is 4. The van der Waals surface area contributed by atoms with Crippen LogP contribution in [0.5, 0.6) is 5.75 Å². The Morgan fingerprint density at radius 3 is 2.62 bits per heavy atom. The van der Waals surface area contributed by atoms with E-state index in [0.717, 1.165) is 12.8 Å². The number of methoxy groups -OCH3 is 1. The number of amides is 2. The molecule has 2 fully saturated rings. The molecule has 140 valence electrons. The molecule has 2 saturated heterocycles. The van der Waals surface area contributed by atoms with E-state index >= 15 is 0 Å². The minimum absolute atomic E-state index is 0.0588. The summed E-state index contributed by atoms with van der Waals surface area (Å²) in [6.45, 7) is 5.26. The van der Waals surface area contributed by atoms with Gasteiger partial charge >= 0.3 is 0 Å². The van der Waals surface area contributed by atoms with Gasteiger partial charge in [0.25, 0.3) is 0 Å². The number of carbonyl (C=O) groups excluding carboxylic acids is 2. The summed E-state index contributed by atoms with van der Waals surface area (Å²) in [5.41, 5.74) is 0.472. The fraction of sp³-hybridized carbons (Fsp3) is 0.500. The molecule has 3 rings (SSSR count). The number of likely N-dealkylation sites (tertiary alicyclic amines) is 2. The summed E-state index contributed by atoms with van der Waals surface area (Å²) >= 11 is 0. The van der Waals surface area contributed by atoms with Crippen LogP contribution in [0.1, 0.15) is 37.3 Å². The highest BCUT2D eigenvalue weighted by Gasteiger charge is 2.37. The van der Waals surface area contributed by atoms with Crippen molar-refractivity contribution >= 4 is 11.8 Å². The Morgan fingerprint density at radius 2 is 1.96 bits per heavy atom. The highest BCUT2D eigenvalue weighted by molar-refractivity contribution is 5.87. The van der Waals surface area contributed by atoms with Gasteiger partial charge in [0.05, 0.1) is 18.7 Å². The van der Waals surface area contributed by atoms with Crippen LogP contribution in [0.15, 0.2) is 30.9 Å². The van der Waals surface area contributed by atoms with Crippen LogP contribution in [-0.4, -0.2) is 48.4 Å². The van der Waals surface area contributed by atoms with Gasteiger partial charge in [0.2, 0.25) is 11.8 Å². The van der Waals surface area contributed by atoms with Crippen molar-refractivity contribution in [3.8, 4) is 5.75 Å². The molecule has 1 aromatic carbocycles. The van der Waals surface area contributed by atoms with Gasteiger partial charge in [0, 0.05) is 25.6 Å². The monoisotopic (exact) mass is 360 g/mol. The Labute approximate surface area is 153 Å². The SMILES string of the molecule is C=CC(=O)N1CCC(C(=O)N2CCCC2c2c(F)cccc2OC)CC1. The van der Waals surface area contributed by atoms with Crippen molar-refractivity contribution < 1.29 is 18.7 Å². The third kappa shape index (κ3) is 3.45. The molecule has 0 aliphatic carbocycles. The molecule has 2 heterocycles. The molecule has 26 heavy (non-hydrogen) atoms. The summed E-state index contributed by atoms with van der Waals surface area (Å²) < 4.78 is 19.8. The molecule has 1 aromatic rings. The molecule has 5 nitrogen and oxygen atoms in total. The number of hydrogen-bond donors (Lipinski definition) is 0. The number of benzene rings is 1. The van der Waals surface area contributed by atoms with Crippen LogP contribution in [0.3, 0.4) is 0 Å². The first-order valence-electron chi connectivity index (χ1n) is 9.11. The van der Waals surface area contributed by atoms with Crippen LogP contribution < -0.4 is 4.74 Å². The van der Waals surface area contributed by atoms with Gasteiger partial charge in [0.1, 0.15) is 11.6 Å². The standard InChI is InChI=1S/C20H25FN2O3/c1-3-18(24)22-12-9-14(10-13-22)20(25)23-11-5-7-16(23)19-15(21)6-4-8-17(19)26-2/h3-4,6,8,14,16H,1,5,7,9-13H2,2H3. The second-order valence-corrected chi connectivity index (χ2v) is 6.85. The maximum atomic E-state index is 14.5. The summed E-state index contributed by atoms with van der Waals surface area (Å²) in [5, 5.41) is 0. The largest absolute Gasteiger partial charge is 0.496 e. The lowest BCUT2D eigenvalue weighted by Crippen LogP contribution is -2.44. The Balaban J connectivity index is 1.74. The van der Waals surface area contributed by atoms with Crippen LogP contribution in [0.2, 0.25) is 0 Å². The topological polar surface area (TPSA) is 49.9 Å². The molecule has 1 atom stereocenters. The Kier molecular flexibility index (Phi) is 5.59. The fourth-order valence-corrected chi connectivity index (χ4v) is 4.06. The normalized spacial score (nSPS) is 20.9. The lowest BCUT2D eigenvalue weighted by Gasteiger charge is -2.35. The molecule has 0 bridgehead atoms. The predicted molar refractivity (Wildman–Crippen MR) is 96.1 cm³/mol. The third-order valence-electron chi connectivity index (χ3n) is 5.43. The van der Waals surface area contributed by atoms with E-state index in [0.29, 0.717) is 43.8 Å². The Morgan fingerprint density at radius 1 is 1.23 bits per heavy atom. The van der Waals surface area contributed by atoms with Crippen molar-refractivity contribution in [3.63, 3.8) is 0 Å². The predicted octanol–water partition coefficient (Wildman–Crippen LogP) is 2.92. The molecule has 2 aliphatic heterocycles. The zero-order valence-electron chi connectivity index (χ0n) is 15.1. The summed E-state index contributed by atoms with van der Waals surface area (Å²) in [5.74, 6) is -0.00155. The molecule has 1 unspecified atom stereocenters. The number of carbonyl (C=O) groups is 2. The van der Waals surface area contributed by atoms with Crippen molar-refractivity contribution in [3.05, 3.63) is 42.2 Å². The number of piperidine rings is 1. The lowest BCUT2D eigenvalue weighted by molar-refractivity contribution is -0.140. The van der Waals surface area contributed by atoms with E-state index in [1.807, 2.05) is 0 Å². The van der Waals surface area contributed by atoms with Crippen molar-refractivity contribution in [1.29, 1.82) is 0 Å². The van der Waals surface area contributed by atoms with Gasteiger partial charge in [-0.05, 0) is 43.9 Å². The van der Waals surface area contributed by atoms with Gasteiger partial charge in [-0.25, -0.2) is 4.39 Å². The van der Waals surface area contributed by atoms with Crippen LogP contribution in [0, 0.1) is 11.7 Å². The van der Waals surface area contributed by atoms with Crippen molar-refractivity contribution in [2.24, 2.45) is 5.92 Å². The van der Waals surface area contributed by atoms with E-state index in [1.165, 1.54) is 19.3 Å². The van der Waals surface area contributed by atoms with Crippen molar-refractivity contribution in [2.45, 2.75) is 31.7 Å². The van der Waals surface area contributed by atoms with Gasteiger partial charge in [0.15, 0.2) is 0 Å². The molecular formula is C20H25FN2O3. The zero-order valence-corrected chi connectivity index (χ0v) is 15.1. The number of halogens is 1. The van der Waals surface area contributed by atoms with E-state index in [1.54, 1.807) is 21.9 Å². The molecule has 0 N–H and O–H groups in total. The quantitative estimate of drug-likeness (QED) is 0.776. The molecule has 2 amide bonds. The van der Waals surface area contributed by atoms with E-state index in [2.05, 4.69) is 6.58 Å². The average Bonchev–Trinajstić information content (AvgIpc) is 3.15. The van der Waals surface area contributed by atoms with Gasteiger partial charge in [-0.15, -0.1) is 0 Å². The maximum absolute atomic E-state index is 14.5. The van der Waals surface area contributed by atoms with Crippen LogP contribution in [-0.2, 0) is 9.59 Å². The first-order valence-corrected chi connectivity index (χ1v) is 9.11. The van der Waals surface area contributed by atoms with E-state index in [4.69, 9.17) is 4.74 Å². The number of hydrogen-bond acceptors (Lipinski definition) is 3. The highest BCUT2D eigenvalue weighted by Crippen LogP contribution is 2.40. The fourth-order valence-electron chi connectivity index (χ4n) is 4.06. The van der Waals surface area contributed by atoms with E-state index < -0.39 is 0 Å². The third-order valence-corrected chi connectivity index (χ3v) is 5.43.